The molecule has 1 aromatic carbocycles. The van der Waals surface area contributed by atoms with Crippen LogP contribution in [0.4, 0.5) is 0 Å². The van der Waals surface area contributed by atoms with Crippen LogP contribution in [0.1, 0.15) is 18.9 Å². The average molecular weight is 284 g/mol. The van der Waals surface area contributed by atoms with Crippen LogP contribution in [0.15, 0.2) is 18.2 Å². The van der Waals surface area contributed by atoms with Gasteiger partial charge in [-0.1, -0.05) is 11.6 Å². The maximum Gasteiger partial charge on any atom is 0.263 e. The Hall–Kier alpha value is -1.26. The maximum atomic E-state index is 12.3. The zero-order valence-corrected chi connectivity index (χ0v) is 11.7. The number of halogens is 1. The molecular formula is C14H18ClNO3. The van der Waals surface area contributed by atoms with Gasteiger partial charge in [0.25, 0.3) is 5.91 Å². The number of aliphatic hydroxyl groups excluding tert-OH is 1. The van der Waals surface area contributed by atoms with E-state index in [-0.39, 0.29) is 12.5 Å². The molecule has 19 heavy (non-hydrogen) atoms. The molecule has 0 fully saturated rings. The maximum absolute atomic E-state index is 12.3. The molecule has 0 saturated carbocycles. The van der Waals surface area contributed by atoms with Gasteiger partial charge in [0, 0.05) is 31.1 Å². The Labute approximate surface area is 117 Å². The first-order valence-corrected chi connectivity index (χ1v) is 6.88. The van der Waals surface area contributed by atoms with Gasteiger partial charge in [0.15, 0.2) is 6.10 Å². The predicted molar refractivity (Wildman–Crippen MR) is 73.5 cm³/mol. The topological polar surface area (TPSA) is 49.8 Å². The lowest BCUT2D eigenvalue weighted by Crippen LogP contribution is -2.42. The third-order valence-corrected chi connectivity index (χ3v) is 3.49. The van der Waals surface area contributed by atoms with Crippen molar-refractivity contribution in [3.05, 3.63) is 28.8 Å². The number of carbonyl (C=O) groups excluding carboxylic acids is 1. The molecule has 5 heteroatoms. The van der Waals surface area contributed by atoms with Crippen LogP contribution in [0.2, 0.25) is 5.02 Å². The van der Waals surface area contributed by atoms with E-state index in [9.17, 15) is 4.79 Å². The van der Waals surface area contributed by atoms with Crippen LogP contribution >= 0.6 is 11.6 Å². The van der Waals surface area contributed by atoms with Crippen LogP contribution in [-0.2, 0) is 11.2 Å². The summed E-state index contributed by atoms with van der Waals surface area (Å²) in [6, 6.07) is 5.40. The van der Waals surface area contributed by atoms with Crippen molar-refractivity contribution < 1.29 is 14.6 Å². The smallest absolute Gasteiger partial charge is 0.263 e. The number of rotatable bonds is 5. The van der Waals surface area contributed by atoms with Crippen LogP contribution in [0, 0.1) is 0 Å². The van der Waals surface area contributed by atoms with Crippen LogP contribution in [-0.4, -0.2) is 41.7 Å². The molecule has 1 aromatic rings. The third-order valence-electron chi connectivity index (χ3n) is 3.25. The van der Waals surface area contributed by atoms with E-state index in [2.05, 4.69) is 0 Å². The molecule has 1 unspecified atom stereocenters. The van der Waals surface area contributed by atoms with Gasteiger partial charge in [-0.2, -0.15) is 0 Å². The van der Waals surface area contributed by atoms with E-state index >= 15 is 0 Å². The van der Waals surface area contributed by atoms with E-state index in [1.807, 2.05) is 13.0 Å². The average Bonchev–Trinajstić information content (AvgIpc) is 2.82. The van der Waals surface area contributed by atoms with Crippen LogP contribution in [0.5, 0.6) is 5.75 Å². The fourth-order valence-electron chi connectivity index (χ4n) is 2.24. The van der Waals surface area contributed by atoms with Crippen molar-refractivity contribution in [1.29, 1.82) is 0 Å². The molecule has 0 spiro atoms. The van der Waals surface area contributed by atoms with E-state index < -0.39 is 6.10 Å². The summed E-state index contributed by atoms with van der Waals surface area (Å²) in [6.45, 7) is 3.19. The summed E-state index contributed by atoms with van der Waals surface area (Å²) in [7, 11) is 0. The molecule has 104 valence electrons. The molecular weight excluding hydrogens is 266 g/mol. The van der Waals surface area contributed by atoms with Crippen LogP contribution in [0.3, 0.4) is 0 Å². The Balaban J connectivity index is 2.03. The van der Waals surface area contributed by atoms with Crippen molar-refractivity contribution in [2.24, 2.45) is 0 Å². The van der Waals surface area contributed by atoms with Crippen molar-refractivity contribution in [1.82, 2.24) is 4.90 Å². The van der Waals surface area contributed by atoms with Crippen molar-refractivity contribution in [2.45, 2.75) is 25.9 Å². The zero-order valence-electron chi connectivity index (χ0n) is 10.9. The fourth-order valence-corrected chi connectivity index (χ4v) is 2.44. The Bertz CT molecular complexity index is 464. The molecule has 1 aliphatic heterocycles. The summed E-state index contributed by atoms with van der Waals surface area (Å²) in [4.78, 5) is 14.0. The number of aliphatic hydroxyl groups is 1. The number of ether oxygens (including phenoxy) is 1. The molecule has 0 aliphatic carbocycles. The molecule has 1 heterocycles. The van der Waals surface area contributed by atoms with Gasteiger partial charge >= 0.3 is 0 Å². The lowest BCUT2D eigenvalue weighted by Gasteiger charge is -2.23. The number of nitrogens with zero attached hydrogens (tertiary/aromatic N) is 1. The van der Waals surface area contributed by atoms with Gasteiger partial charge < -0.3 is 14.7 Å². The highest BCUT2D eigenvalue weighted by atomic mass is 35.5. The van der Waals surface area contributed by atoms with E-state index in [1.54, 1.807) is 17.0 Å². The second-order valence-corrected chi connectivity index (χ2v) is 4.99. The quantitative estimate of drug-likeness (QED) is 0.898. The third kappa shape index (κ3) is 3.19. The second-order valence-electron chi connectivity index (χ2n) is 4.56. The molecule has 0 bridgehead atoms. The predicted octanol–water partition coefficient (Wildman–Crippen LogP) is 1.87. The van der Waals surface area contributed by atoms with Crippen molar-refractivity contribution >= 4 is 17.5 Å². The summed E-state index contributed by atoms with van der Waals surface area (Å²) in [5.74, 6) is 0.712. The lowest BCUT2D eigenvalue weighted by atomic mass is 10.1. The van der Waals surface area contributed by atoms with Gasteiger partial charge in [0.05, 0.1) is 0 Å². The standard InChI is InChI=1S/C14H18ClNO3/c1-2-16(6-3-7-17)14(18)13-9-10-8-11(15)4-5-12(10)19-13/h4-5,8,13,17H,2-3,6-7,9H2,1H3. The van der Waals surface area contributed by atoms with Crippen LogP contribution < -0.4 is 4.74 Å². The summed E-state index contributed by atoms with van der Waals surface area (Å²) in [5.41, 5.74) is 0.976. The van der Waals surface area contributed by atoms with Crippen LogP contribution in [0.25, 0.3) is 0 Å². The highest BCUT2D eigenvalue weighted by Crippen LogP contribution is 2.31. The fraction of sp³-hybridized carbons (Fsp3) is 0.500. The number of likely N-dealkylation sites (N-methyl/N-ethyl adjacent to an activating group) is 1. The number of hydrogen-bond acceptors (Lipinski definition) is 3. The molecule has 1 atom stereocenters. The second kappa shape index (κ2) is 6.26. The Morgan fingerprint density at radius 3 is 3.05 bits per heavy atom. The molecule has 1 N–H and O–H groups in total. The largest absolute Gasteiger partial charge is 0.480 e. The summed E-state index contributed by atoms with van der Waals surface area (Å²) < 4.78 is 5.67. The molecule has 0 aromatic heterocycles. The first-order chi connectivity index (χ1) is 9.15. The number of fused-ring (bicyclic) bond motifs is 1. The van der Waals surface area contributed by atoms with E-state index in [4.69, 9.17) is 21.4 Å². The number of amides is 1. The summed E-state index contributed by atoms with van der Waals surface area (Å²) >= 11 is 5.93. The summed E-state index contributed by atoms with van der Waals surface area (Å²) in [5, 5.41) is 9.50. The van der Waals surface area contributed by atoms with E-state index in [1.165, 1.54) is 0 Å². The molecule has 0 saturated heterocycles. The zero-order chi connectivity index (χ0) is 13.8. The first kappa shape index (κ1) is 14.2. The molecule has 1 aliphatic rings. The highest BCUT2D eigenvalue weighted by Gasteiger charge is 2.31. The summed E-state index contributed by atoms with van der Waals surface area (Å²) in [6.07, 6.45) is 0.683. The highest BCUT2D eigenvalue weighted by molar-refractivity contribution is 6.30. The monoisotopic (exact) mass is 283 g/mol. The van der Waals surface area contributed by atoms with Gasteiger partial charge in [-0.05, 0) is 37.1 Å². The molecule has 4 nitrogen and oxygen atoms in total. The van der Waals surface area contributed by atoms with Gasteiger partial charge in [-0.25, -0.2) is 0 Å². The van der Waals surface area contributed by atoms with Gasteiger partial charge in [0.2, 0.25) is 0 Å². The van der Waals surface area contributed by atoms with Crippen molar-refractivity contribution in [2.75, 3.05) is 19.7 Å². The van der Waals surface area contributed by atoms with Gasteiger partial charge in [-0.3, -0.25) is 4.79 Å². The van der Waals surface area contributed by atoms with Crippen molar-refractivity contribution in [3.63, 3.8) is 0 Å². The Morgan fingerprint density at radius 1 is 1.58 bits per heavy atom. The lowest BCUT2D eigenvalue weighted by molar-refractivity contribution is -0.137. The van der Waals surface area contributed by atoms with Gasteiger partial charge in [0.1, 0.15) is 5.75 Å². The minimum absolute atomic E-state index is 0.0247. The molecule has 1 amide bonds. The SMILES string of the molecule is CCN(CCCO)C(=O)C1Cc2cc(Cl)ccc2O1. The number of carbonyl (C=O) groups is 1. The number of benzene rings is 1. The Morgan fingerprint density at radius 2 is 2.37 bits per heavy atom. The minimum Gasteiger partial charge on any atom is -0.480 e. The van der Waals surface area contributed by atoms with Gasteiger partial charge in [-0.15, -0.1) is 0 Å². The number of hydrogen-bond donors (Lipinski definition) is 1. The normalized spacial score (nSPS) is 16.9. The van der Waals surface area contributed by atoms with Crippen molar-refractivity contribution in [3.8, 4) is 5.75 Å². The van der Waals surface area contributed by atoms with E-state index in [0.29, 0.717) is 31.0 Å². The Kier molecular flexibility index (Phi) is 4.66. The minimum atomic E-state index is -0.466. The van der Waals surface area contributed by atoms with E-state index in [0.717, 1.165) is 11.3 Å². The molecule has 0 radical (unpaired) electrons. The molecule has 2 rings (SSSR count). The first-order valence-electron chi connectivity index (χ1n) is 6.50.